The van der Waals surface area contributed by atoms with Crippen LogP contribution in [0.15, 0.2) is 4.99 Å². The molecule has 0 spiro atoms. The third kappa shape index (κ3) is 6.88. The quantitative estimate of drug-likeness (QED) is 0.259. The molecule has 1 aliphatic carbocycles. The van der Waals surface area contributed by atoms with Crippen molar-refractivity contribution in [1.29, 1.82) is 0 Å². The van der Waals surface area contributed by atoms with Crippen LogP contribution in [-0.2, 0) is 4.74 Å². The highest BCUT2D eigenvalue weighted by molar-refractivity contribution is 14.0. The Bertz CT molecular complexity index is 358. The maximum absolute atomic E-state index is 5.10. The number of methoxy groups -OCH3 is 1. The topological polar surface area (TPSA) is 48.9 Å². The largest absolute Gasteiger partial charge is 0.385 e. The number of hydrogen-bond acceptors (Lipinski definition) is 4. The van der Waals surface area contributed by atoms with Gasteiger partial charge in [-0.2, -0.15) is 11.8 Å². The normalized spacial score (nSPS) is 21.8. The molecule has 0 radical (unpaired) electrons. The van der Waals surface area contributed by atoms with Gasteiger partial charge < -0.3 is 15.4 Å². The van der Waals surface area contributed by atoms with E-state index < -0.39 is 0 Å². The van der Waals surface area contributed by atoms with Crippen LogP contribution in [0.1, 0.15) is 38.5 Å². The number of aliphatic imine (C=N–C) groups is 1. The molecule has 24 heavy (non-hydrogen) atoms. The van der Waals surface area contributed by atoms with Crippen molar-refractivity contribution in [3.63, 3.8) is 0 Å². The summed E-state index contributed by atoms with van der Waals surface area (Å²) in [5, 5.41) is 7.00. The van der Waals surface area contributed by atoms with Gasteiger partial charge in [0.05, 0.1) is 0 Å². The molecule has 0 atom stereocenters. The number of hydrogen-bond donors (Lipinski definition) is 2. The summed E-state index contributed by atoms with van der Waals surface area (Å²) in [5.41, 5.74) is 0.337. The van der Waals surface area contributed by atoms with Gasteiger partial charge in [-0.3, -0.25) is 9.89 Å². The zero-order chi connectivity index (χ0) is 16.4. The standard InChI is InChI=1S/C17H34N4OS.HI/c1-18-16(19-9-6-12-22-2)20-15-17(7-4-3-5-8-17)21-10-13-23-14-11-21;/h3-15H2,1-2H3,(H2,18,19,20);1H. The lowest BCUT2D eigenvalue weighted by Crippen LogP contribution is -2.59. The van der Waals surface area contributed by atoms with Gasteiger partial charge in [0, 0.05) is 64.0 Å². The van der Waals surface area contributed by atoms with Crippen LogP contribution in [0, 0.1) is 0 Å². The number of ether oxygens (including phenoxy) is 1. The van der Waals surface area contributed by atoms with Crippen LogP contribution in [0.25, 0.3) is 0 Å². The van der Waals surface area contributed by atoms with Gasteiger partial charge in [-0.05, 0) is 19.3 Å². The first kappa shape index (κ1) is 22.3. The van der Waals surface area contributed by atoms with E-state index in [1.165, 1.54) is 56.7 Å². The van der Waals surface area contributed by atoms with E-state index in [1.54, 1.807) is 7.11 Å². The van der Waals surface area contributed by atoms with Gasteiger partial charge >= 0.3 is 0 Å². The van der Waals surface area contributed by atoms with Crippen molar-refractivity contribution in [3.8, 4) is 0 Å². The summed E-state index contributed by atoms with van der Waals surface area (Å²) in [7, 11) is 3.60. The molecule has 2 rings (SSSR count). The molecular formula is C17H35IN4OS. The molecule has 0 aromatic carbocycles. The number of rotatable bonds is 7. The molecule has 2 N–H and O–H groups in total. The minimum atomic E-state index is 0. The van der Waals surface area contributed by atoms with Gasteiger partial charge in [0.1, 0.15) is 0 Å². The van der Waals surface area contributed by atoms with Crippen molar-refractivity contribution >= 4 is 41.7 Å². The second kappa shape index (κ2) is 12.6. The Balaban J connectivity index is 0.00000288. The molecule has 142 valence electrons. The average molecular weight is 470 g/mol. The lowest BCUT2D eigenvalue weighted by Gasteiger charge is -2.48. The molecule has 1 saturated heterocycles. The van der Waals surface area contributed by atoms with Crippen LogP contribution in [-0.4, -0.2) is 74.8 Å². The predicted octanol–water partition coefficient (Wildman–Crippen LogP) is 2.56. The molecule has 0 aromatic heterocycles. The lowest BCUT2D eigenvalue weighted by atomic mass is 9.80. The van der Waals surface area contributed by atoms with Crippen molar-refractivity contribution in [3.05, 3.63) is 0 Å². The van der Waals surface area contributed by atoms with E-state index in [2.05, 4.69) is 32.3 Å². The predicted molar refractivity (Wildman–Crippen MR) is 116 cm³/mol. The van der Waals surface area contributed by atoms with Crippen molar-refractivity contribution in [2.24, 2.45) is 4.99 Å². The van der Waals surface area contributed by atoms with E-state index >= 15 is 0 Å². The fourth-order valence-electron chi connectivity index (χ4n) is 3.74. The van der Waals surface area contributed by atoms with Gasteiger partial charge in [0.2, 0.25) is 0 Å². The smallest absolute Gasteiger partial charge is 0.191 e. The fourth-order valence-corrected chi connectivity index (χ4v) is 4.65. The number of nitrogens with one attached hydrogen (secondary N) is 2. The Hall–Kier alpha value is 0.270. The number of thioether (sulfide) groups is 1. The molecule has 0 unspecified atom stereocenters. The Labute approximate surface area is 169 Å². The molecule has 0 amide bonds. The zero-order valence-corrected chi connectivity index (χ0v) is 18.5. The molecule has 0 bridgehead atoms. The summed E-state index contributed by atoms with van der Waals surface area (Å²) in [6.45, 7) is 5.19. The summed E-state index contributed by atoms with van der Waals surface area (Å²) >= 11 is 2.10. The highest BCUT2D eigenvalue weighted by Crippen LogP contribution is 2.34. The van der Waals surface area contributed by atoms with Crippen molar-refractivity contribution in [2.75, 3.05) is 58.4 Å². The molecule has 2 aliphatic rings. The minimum absolute atomic E-state index is 0. The van der Waals surface area contributed by atoms with Crippen LogP contribution in [0.5, 0.6) is 0 Å². The van der Waals surface area contributed by atoms with Crippen LogP contribution in [0.4, 0.5) is 0 Å². The number of halogens is 1. The Kier molecular flexibility index (Phi) is 11.7. The molecular weight excluding hydrogens is 435 g/mol. The molecule has 1 heterocycles. The number of nitrogens with zero attached hydrogens (tertiary/aromatic N) is 2. The SMILES string of the molecule is CN=C(NCCCOC)NCC1(N2CCSCC2)CCCCC1.I. The van der Waals surface area contributed by atoms with E-state index in [1.807, 2.05) is 7.05 Å². The summed E-state index contributed by atoms with van der Waals surface area (Å²) in [4.78, 5) is 7.14. The second-order valence-corrected chi connectivity index (χ2v) is 7.81. The maximum atomic E-state index is 5.10. The molecule has 0 aromatic rings. The zero-order valence-electron chi connectivity index (χ0n) is 15.3. The first-order valence-electron chi connectivity index (χ1n) is 9.07. The van der Waals surface area contributed by atoms with Gasteiger partial charge in [-0.25, -0.2) is 0 Å². The van der Waals surface area contributed by atoms with Gasteiger partial charge in [0.15, 0.2) is 5.96 Å². The van der Waals surface area contributed by atoms with Crippen LogP contribution in [0.3, 0.4) is 0 Å². The summed E-state index contributed by atoms with van der Waals surface area (Å²) in [6.07, 6.45) is 7.78. The fraction of sp³-hybridized carbons (Fsp3) is 0.941. The highest BCUT2D eigenvalue weighted by atomic mass is 127. The third-order valence-corrected chi connectivity index (χ3v) is 6.03. The maximum Gasteiger partial charge on any atom is 0.191 e. The van der Waals surface area contributed by atoms with Gasteiger partial charge in [-0.15, -0.1) is 24.0 Å². The van der Waals surface area contributed by atoms with Crippen LogP contribution in [0.2, 0.25) is 0 Å². The monoisotopic (exact) mass is 470 g/mol. The first-order valence-corrected chi connectivity index (χ1v) is 10.2. The molecule has 7 heteroatoms. The lowest BCUT2D eigenvalue weighted by molar-refractivity contribution is 0.0626. The summed E-state index contributed by atoms with van der Waals surface area (Å²) in [5.74, 6) is 3.50. The number of guanidine groups is 1. The van der Waals surface area contributed by atoms with E-state index in [-0.39, 0.29) is 24.0 Å². The average Bonchev–Trinajstić information content (AvgIpc) is 2.63. The second-order valence-electron chi connectivity index (χ2n) is 6.58. The van der Waals surface area contributed by atoms with Crippen LogP contribution >= 0.6 is 35.7 Å². The Morgan fingerprint density at radius 3 is 2.50 bits per heavy atom. The summed E-state index contributed by atoms with van der Waals surface area (Å²) < 4.78 is 5.10. The van der Waals surface area contributed by atoms with Crippen molar-refractivity contribution < 1.29 is 4.74 Å². The minimum Gasteiger partial charge on any atom is -0.385 e. The first-order chi connectivity index (χ1) is 11.3. The van der Waals surface area contributed by atoms with E-state index in [4.69, 9.17) is 4.74 Å². The van der Waals surface area contributed by atoms with Crippen LogP contribution < -0.4 is 10.6 Å². The molecule has 2 fully saturated rings. The molecule has 1 saturated carbocycles. The molecule has 1 aliphatic heterocycles. The highest BCUT2D eigenvalue weighted by Gasteiger charge is 2.38. The summed E-state index contributed by atoms with van der Waals surface area (Å²) in [6, 6.07) is 0. The van der Waals surface area contributed by atoms with Gasteiger partial charge in [0.25, 0.3) is 0 Å². The van der Waals surface area contributed by atoms with E-state index in [0.29, 0.717) is 5.54 Å². The van der Waals surface area contributed by atoms with Crippen molar-refractivity contribution in [1.82, 2.24) is 15.5 Å². The van der Waals surface area contributed by atoms with Crippen molar-refractivity contribution in [2.45, 2.75) is 44.1 Å². The molecule has 5 nitrogen and oxygen atoms in total. The van der Waals surface area contributed by atoms with E-state index in [9.17, 15) is 0 Å². The van der Waals surface area contributed by atoms with Gasteiger partial charge in [-0.1, -0.05) is 19.3 Å². The third-order valence-electron chi connectivity index (χ3n) is 5.09. The van der Waals surface area contributed by atoms with E-state index in [0.717, 1.165) is 32.1 Å². The Morgan fingerprint density at radius 2 is 1.88 bits per heavy atom. The Morgan fingerprint density at radius 1 is 1.17 bits per heavy atom.